The van der Waals surface area contributed by atoms with E-state index >= 15 is 0 Å². The monoisotopic (exact) mass is 633 g/mol. The number of unbranched alkanes of at least 4 members (excludes halogenated alkanes) is 28. The van der Waals surface area contributed by atoms with Crippen LogP contribution in [0.25, 0.3) is 0 Å². The molecule has 0 aliphatic rings. The van der Waals surface area contributed by atoms with Gasteiger partial charge in [0.2, 0.25) is 0 Å². The normalized spacial score (nSPS) is 12.7. The summed E-state index contributed by atoms with van der Waals surface area (Å²) in [6.07, 6.45) is 39.2. The Morgan fingerprint density at radius 2 is 0.721 bits per heavy atom. The first-order valence-corrected chi connectivity index (χ1v) is 21.0. The van der Waals surface area contributed by atoms with Crippen molar-refractivity contribution < 1.29 is 23.8 Å². The first-order chi connectivity index (χ1) is 21.0. The third-order valence-electron chi connectivity index (χ3n) is 8.74. The maximum atomic E-state index is 11.6. The Balaban J connectivity index is 3.56. The molecule has 260 valence electrons. The summed E-state index contributed by atoms with van der Waals surface area (Å²) in [5.41, 5.74) is 0. The summed E-state index contributed by atoms with van der Waals surface area (Å²) >= 11 is 0. The second kappa shape index (κ2) is 34.9. The SMILES string of the molecule is CCCCCCCCCCCCCCCCCCOCC(CP(=O)(O)O)OCCCCCCCCCCCCCCCC. The highest BCUT2D eigenvalue weighted by atomic mass is 31.2. The third kappa shape index (κ3) is 38.2. The summed E-state index contributed by atoms with van der Waals surface area (Å²) in [7, 11) is -4.11. The van der Waals surface area contributed by atoms with Gasteiger partial charge in [-0.15, -0.1) is 0 Å². The molecule has 0 bridgehead atoms. The minimum Gasteiger partial charge on any atom is -0.379 e. The Bertz CT molecular complexity index is 567. The maximum Gasteiger partial charge on any atom is 0.328 e. The van der Waals surface area contributed by atoms with Gasteiger partial charge in [-0.05, 0) is 12.8 Å². The lowest BCUT2D eigenvalue weighted by atomic mass is 10.0. The van der Waals surface area contributed by atoms with Gasteiger partial charge in [0, 0.05) is 13.2 Å². The van der Waals surface area contributed by atoms with Gasteiger partial charge in [-0.1, -0.05) is 194 Å². The molecule has 0 saturated carbocycles. The van der Waals surface area contributed by atoms with Crippen molar-refractivity contribution in [1.29, 1.82) is 0 Å². The van der Waals surface area contributed by atoms with Gasteiger partial charge in [-0.2, -0.15) is 0 Å². The first kappa shape index (κ1) is 43.1. The van der Waals surface area contributed by atoms with Crippen molar-refractivity contribution in [2.75, 3.05) is 26.0 Å². The van der Waals surface area contributed by atoms with Gasteiger partial charge in [0.15, 0.2) is 0 Å². The average Bonchev–Trinajstić information content (AvgIpc) is 2.97. The zero-order chi connectivity index (χ0) is 31.5. The molecule has 0 fully saturated rings. The van der Waals surface area contributed by atoms with Gasteiger partial charge >= 0.3 is 7.60 Å². The smallest absolute Gasteiger partial charge is 0.328 e. The fraction of sp³-hybridized carbons (Fsp3) is 1.00. The number of hydrogen-bond donors (Lipinski definition) is 2. The van der Waals surface area contributed by atoms with E-state index in [4.69, 9.17) is 9.47 Å². The van der Waals surface area contributed by atoms with Crippen molar-refractivity contribution in [3.63, 3.8) is 0 Å². The van der Waals surface area contributed by atoms with Crippen LogP contribution in [0.15, 0.2) is 0 Å². The summed E-state index contributed by atoms with van der Waals surface area (Å²) < 4.78 is 23.2. The molecule has 0 spiro atoms. The number of hydrogen-bond acceptors (Lipinski definition) is 3. The van der Waals surface area contributed by atoms with E-state index in [1.165, 1.54) is 173 Å². The van der Waals surface area contributed by atoms with Crippen molar-refractivity contribution in [3.8, 4) is 0 Å². The van der Waals surface area contributed by atoms with Crippen LogP contribution in [0.5, 0.6) is 0 Å². The molecule has 2 N–H and O–H groups in total. The molecule has 1 atom stereocenters. The molecular weight excluding hydrogens is 555 g/mol. The molecule has 0 amide bonds. The summed E-state index contributed by atoms with van der Waals surface area (Å²) in [5.74, 6) is 0. The third-order valence-corrected chi connectivity index (χ3v) is 9.62. The lowest BCUT2D eigenvalue weighted by Crippen LogP contribution is -2.25. The van der Waals surface area contributed by atoms with Gasteiger partial charge in [0.25, 0.3) is 0 Å². The summed E-state index contributed by atoms with van der Waals surface area (Å²) in [5, 5.41) is 0. The highest BCUT2D eigenvalue weighted by Gasteiger charge is 2.22. The van der Waals surface area contributed by atoms with E-state index in [2.05, 4.69) is 13.8 Å². The molecule has 0 aliphatic heterocycles. The van der Waals surface area contributed by atoms with Gasteiger partial charge < -0.3 is 19.3 Å². The molecule has 6 heteroatoms. The number of rotatable bonds is 37. The van der Waals surface area contributed by atoms with Crippen molar-refractivity contribution in [1.82, 2.24) is 0 Å². The van der Waals surface area contributed by atoms with Crippen molar-refractivity contribution in [2.45, 2.75) is 213 Å². The molecule has 0 heterocycles. The summed E-state index contributed by atoms with van der Waals surface area (Å²) in [6.45, 7) is 6.05. The second-order valence-corrected chi connectivity index (χ2v) is 15.0. The predicted molar refractivity (Wildman–Crippen MR) is 187 cm³/mol. The van der Waals surface area contributed by atoms with Gasteiger partial charge in [0.1, 0.15) is 0 Å². The van der Waals surface area contributed by atoms with E-state index in [0.29, 0.717) is 13.2 Å². The molecule has 0 aromatic heterocycles. The Morgan fingerprint density at radius 3 is 1.02 bits per heavy atom. The van der Waals surface area contributed by atoms with E-state index in [9.17, 15) is 14.4 Å². The molecule has 0 saturated heterocycles. The molecular formula is C37H77O5P. The molecule has 0 aromatic carbocycles. The quantitative estimate of drug-likeness (QED) is 0.0526. The van der Waals surface area contributed by atoms with Crippen LogP contribution >= 0.6 is 7.60 Å². The van der Waals surface area contributed by atoms with Gasteiger partial charge in [-0.25, -0.2) is 0 Å². The minimum atomic E-state index is -4.11. The Labute approximate surface area is 269 Å². The Hall–Kier alpha value is 0.0700. The lowest BCUT2D eigenvalue weighted by molar-refractivity contribution is -0.00893. The zero-order valence-electron chi connectivity index (χ0n) is 29.2. The van der Waals surface area contributed by atoms with Crippen LogP contribution in [0.1, 0.15) is 206 Å². The second-order valence-electron chi connectivity index (χ2n) is 13.3. The first-order valence-electron chi connectivity index (χ1n) is 19.2. The fourth-order valence-electron chi connectivity index (χ4n) is 5.93. The Kier molecular flexibility index (Phi) is 35.0. The van der Waals surface area contributed by atoms with Crippen LogP contribution < -0.4 is 0 Å². The van der Waals surface area contributed by atoms with Crippen LogP contribution in [0.3, 0.4) is 0 Å². The molecule has 5 nitrogen and oxygen atoms in total. The molecule has 0 radical (unpaired) electrons. The lowest BCUT2D eigenvalue weighted by Gasteiger charge is -2.18. The van der Waals surface area contributed by atoms with E-state index < -0.39 is 13.7 Å². The zero-order valence-corrected chi connectivity index (χ0v) is 30.1. The van der Waals surface area contributed by atoms with Crippen LogP contribution in [-0.2, 0) is 14.0 Å². The predicted octanol–water partition coefficient (Wildman–Crippen LogP) is 12.3. The van der Waals surface area contributed by atoms with Crippen LogP contribution in [0.2, 0.25) is 0 Å². The molecule has 0 rings (SSSR count). The summed E-state index contributed by atoms with van der Waals surface area (Å²) in [4.78, 5) is 18.9. The van der Waals surface area contributed by atoms with Crippen LogP contribution in [0.4, 0.5) is 0 Å². The van der Waals surface area contributed by atoms with Crippen molar-refractivity contribution in [3.05, 3.63) is 0 Å². The van der Waals surface area contributed by atoms with Crippen molar-refractivity contribution in [2.24, 2.45) is 0 Å². The topological polar surface area (TPSA) is 76.0 Å². The van der Waals surface area contributed by atoms with Gasteiger partial charge in [-0.3, -0.25) is 4.57 Å². The molecule has 43 heavy (non-hydrogen) atoms. The maximum absolute atomic E-state index is 11.6. The molecule has 1 unspecified atom stereocenters. The van der Waals surface area contributed by atoms with E-state index in [1.807, 2.05) is 0 Å². The molecule has 0 aliphatic carbocycles. The fourth-order valence-corrected chi connectivity index (χ4v) is 6.67. The van der Waals surface area contributed by atoms with Crippen LogP contribution in [-0.4, -0.2) is 41.9 Å². The largest absolute Gasteiger partial charge is 0.379 e. The van der Waals surface area contributed by atoms with E-state index in [1.54, 1.807) is 0 Å². The average molecular weight is 633 g/mol. The standard InChI is InChI=1S/C37H77O5P/c1-3-5-7-9-11-13-15-17-19-20-21-23-25-27-29-31-33-41-35-37(36-43(38,39)40)42-34-32-30-28-26-24-22-18-16-14-12-10-8-6-4-2/h37H,3-36H2,1-2H3,(H2,38,39,40). The molecule has 0 aromatic rings. The Morgan fingerprint density at radius 1 is 0.442 bits per heavy atom. The highest BCUT2D eigenvalue weighted by Crippen LogP contribution is 2.35. The van der Waals surface area contributed by atoms with Crippen molar-refractivity contribution >= 4 is 7.60 Å². The highest BCUT2D eigenvalue weighted by molar-refractivity contribution is 7.51. The summed E-state index contributed by atoms with van der Waals surface area (Å²) in [6, 6.07) is 0. The van der Waals surface area contributed by atoms with Crippen LogP contribution in [0, 0.1) is 0 Å². The van der Waals surface area contributed by atoms with E-state index in [-0.39, 0.29) is 12.8 Å². The van der Waals surface area contributed by atoms with E-state index in [0.717, 1.165) is 19.3 Å². The number of ether oxygens (including phenoxy) is 2. The minimum absolute atomic E-state index is 0.245. The van der Waals surface area contributed by atoms with Gasteiger partial charge in [0.05, 0.1) is 18.9 Å².